The van der Waals surface area contributed by atoms with E-state index in [2.05, 4.69) is 28.3 Å². The standard InChI is InChI=1S/C20H25N3O2/c1-13(2)19-21-18(22-25-19)15-7-5-11-23(12-15)20(24)17-10-9-14-6-3-4-8-16(14)17/h3-4,6,8,13,15,17H,5,7,9-12H2,1-2H3/t15-,17-/m0/s1. The number of rotatable bonds is 3. The molecule has 1 aliphatic heterocycles. The van der Waals surface area contributed by atoms with Crippen molar-refractivity contribution >= 4 is 5.91 Å². The molecule has 5 nitrogen and oxygen atoms in total. The summed E-state index contributed by atoms with van der Waals surface area (Å²) in [6, 6.07) is 8.36. The first-order chi connectivity index (χ1) is 12.1. The maximum atomic E-state index is 13.1. The van der Waals surface area contributed by atoms with E-state index in [9.17, 15) is 4.79 Å². The third-order valence-corrected chi connectivity index (χ3v) is 5.48. The molecular weight excluding hydrogens is 314 g/mol. The molecule has 25 heavy (non-hydrogen) atoms. The second-order valence-corrected chi connectivity index (χ2v) is 7.56. The summed E-state index contributed by atoms with van der Waals surface area (Å²) in [5, 5.41) is 4.16. The molecule has 1 amide bonds. The highest BCUT2D eigenvalue weighted by Gasteiger charge is 2.35. The highest BCUT2D eigenvalue weighted by atomic mass is 16.5. The molecular formula is C20H25N3O2. The number of fused-ring (bicyclic) bond motifs is 1. The summed E-state index contributed by atoms with van der Waals surface area (Å²) < 4.78 is 5.36. The van der Waals surface area contributed by atoms with Gasteiger partial charge in [-0.3, -0.25) is 4.79 Å². The van der Waals surface area contributed by atoms with Crippen LogP contribution in [0.2, 0.25) is 0 Å². The van der Waals surface area contributed by atoms with Gasteiger partial charge in [-0.1, -0.05) is 43.3 Å². The summed E-state index contributed by atoms with van der Waals surface area (Å²) >= 11 is 0. The zero-order chi connectivity index (χ0) is 17.4. The molecule has 0 saturated carbocycles. The van der Waals surface area contributed by atoms with Crippen molar-refractivity contribution in [1.82, 2.24) is 15.0 Å². The van der Waals surface area contributed by atoms with Crippen LogP contribution >= 0.6 is 0 Å². The van der Waals surface area contributed by atoms with Crippen molar-refractivity contribution in [3.8, 4) is 0 Å². The van der Waals surface area contributed by atoms with E-state index in [1.165, 1.54) is 11.1 Å². The molecule has 1 aromatic heterocycles. The molecule has 1 aromatic carbocycles. The van der Waals surface area contributed by atoms with E-state index in [0.29, 0.717) is 12.4 Å². The number of aryl methyl sites for hydroxylation is 1. The Bertz CT molecular complexity index is 768. The molecule has 0 bridgehead atoms. The van der Waals surface area contributed by atoms with Crippen LogP contribution in [0, 0.1) is 0 Å². The molecule has 0 spiro atoms. The summed E-state index contributed by atoms with van der Waals surface area (Å²) in [5.41, 5.74) is 2.55. The van der Waals surface area contributed by atoms with Crippen LogP contribution in [0.25, 0.3) is 0 Å². The average Bonchev–Trinajstić information content (AvgIpc) is 3.28. The molecule has 2 aliphatic rings. The van der Waals surface area contributed by atoms with E-state index < -0.39 is 0 Å². The Balaban J connectivity index is 1.48. The zero-order valence-corrected chi connectivity index (χ0v) is 14.9. The van der Waals surface area contributed by atoms with Gasteiger partial charge in [0.1, 0.15) is 0 Å². The summed E-state index contributed by atoms with van der Waals surface area (Å²) in [6.07, 6.45) is 3.95. The fraction of sp³-hybridized carbons (Fsp3) is 0.550. The molecule has 5 heteroatoms. The quantitative estimate of drug-likeness (QED) is 0.857. The van der Waals surface area contributed by atoms with Crippen LogP contribution in [0.5, 0.6) is 0 Å². The number of piperidine rings is 1. The normalized spacial score (nSPS) is 23.1. The smallest absolute Gasteiger partial charge is 0.230 e. The first kappa shape index (κ1) is 16.3. The van der Waals surface area contributed by atoms with Gasteiger partial charge < -0.3 is 9.42 Å². The molecule has 132 valence electrons. The highest BCUT2D eigenvalue weighted by Crippen LogP contribution is 2.36. The van der Waals surface area contributed by atoms with Crippen molar-refractivity contribution < 1.29 is 9.32 Å². The van der Waals surface area contributed by atoms with Crippen molar-refractivity contribution in [3.05, 3.63) is 47.1 Å². The second kappa shape index (κ2) is 6.62. The first-order valence-corrected chi connectivity index (χ1v) is 9.33. The van der Waals surface area contributed by atoms with Gasteiger partial charge in [-0.05, 0) is 36.8 Å². The lowest BCUT2D eigenvalue weighted by Gasteiger charge is -2.33. The summed E-state index contributed by atoms with van der Waals surface area (Å²) in [5.74, 6) is 2.15. The van der Waals surface area contributed by atoms with E-state index >= 15 is 0 Å². The van der Waals surface area contributed by atoms with Crippen molar-refractivity contribution in [2.75, 3.05) is 13.1 Å². The van der Waals surface area contributed by atoms with Crippen LogP contribution in [0.4, 0.5) is 0 Å². The third kappa shape index (κ3) is 3.08. The average molecular weight is 339 g/mol. The van der Waals surface area contributed by atoms with Crippen LogP contribution in [0.3, 0.4) is 0 Å². The number of carbonyl (C=O) groups is 1. The Hall–Kier alpha value is -2.17. The van der Waals surface area contributed by atoms with Crippen LogP contribution in [-0.2, 0) is 11.2 Å². The topological polar surface area (TPSA) is 59.2 Å². The fourth-order valence-corrected chi connectivity index (χ4v) is 4.07. The molecule has 0 radical (unpaired) electrons. The predicted octanol–water partition coefficient (Wildman–Crippen LogP) is 3.63. The van der Waals surface area contributed by atoms with E-state index in [0.717, 1.165) is 38.1 Å². The minimum Gasteiger partial charge on any atom is -0.341 e. The first-order valence-electron chi connectivity index (χ1n) is 9.33. The number of carbonyl (C=O) groups excluding carboxylic acids is 1. The third-order valence-electron chi connectivity index (χ3n) is 5.48. The second-order valence-electron chi connectivity index (χ2n) is 7.56. The minimum atomic E-state index is 0.0199. The van der Waals surface area contributed by atoms with Gasteiger partial charge in [-0.2, -0.15) is 4.98 Å². The predicted molar refractivity (Wildman–Crippen MR) is 94.4 cm³/mol. The van der Waals surface area contributed by atoms with Crippen molar-refractivity contribution in [3.63, 3.8) is 0 Å². The lowest BCUT2D eigenvalue weighted by molar-refractivity contribution is -0.134. The van der Waals surface area contributed by atoms with Gasteiger partial charge in [-0.15, -0.1) is 0 Å². The summed E-state index contributed by atoms with van der Waals surface area (Å²) in [7, 11) is 0. The van der Waals surface area contributed by atoms with Gasteiger partial charge in [0.15, 0.2) is 5.82 Å². The van der Waals surface area contributed by atoms with Gasteiger partial charge in [0.2, 0.25) is 11.8 Å². The van der Waals surface area contributed by atoms with Crippen molar-refractivity contribution in [2.45, 2.75) is 57.3 Å². The molecule has 1 fully saturated rings. The number of likely N-dealkylation sites (tertiary alicyclic amines) is 1. The van der Waals surface area contributed by atoms with Gasteiger partial charge in [0, 0.05) is 24.9 Å². The minimum absolute atomic E-state index is 0.0199. The maximum Gasteiger partial charge on any atom is 0.230 e. The number of hydrogen-bond donors (Lipinski definition) is 0. The Morgan fingerprint density at radius 1 is 1.28 bits per heavy atom. The van der Waals surface area contributed by atoms with E-state index in [-0.39, 0.29) is 23.7 Å². The molecule has 0 unspecified atom stereocenters. The molecule has 0 N–H and O–H groups in total. The Morgan fingerprint density at radius 3 is 2.92 bits per heavy atom. The largest absolute Gasteiger partial charge is 0.341 e. The van der Waals surface area contributed by atoms with Crippen LogP contribution in [0.1, 0.15) is 73.7 Å². The molecule has 1 aliphatic carbocycles. The van der Waals surface area contributed by atoms with Gasteiger partial charge in [0.25, 0.3) is 0 Å². The SMILES string of the molecule is CC(C)c1nc([C@H]2CCCN(C(=O)[C@H]3CCc4ccccc43)C2)no1. The van der Waals surface area contributed by atoms with Crippen molar-refractivity contribution in [2.24, 2.45) is 0 Å². The molecule has 1 saturated heterocycles. The number of nitrogens with zero attached hydrogens (tertiary/aromatic N) is 3. The highest BCUT2D eigenvalue weighted by molar-refractivity contribution is 5.85. The van der Waals surface area contributed by atoms with E-state index in [1.54, 1.807) is 0 Å². The monoisotopic (exact) mass is 339 g/mol. The van der Waals surface area contributed by atoms with Gasteiger partial charge in [0.05, 0.1) is 5.92 Å². The lowest BCUT2D eigenvalue weighted by Crippen LogP contribution is -2.41. The number of amides is 1. The van der Waals surface area contributed by atoms with Gasteiger partial charge in [-0.25, -0.2) is 0 Å². The Kier molecular flexibility index (Phi) is 4.32. The number of benzene rings is 1. The lowest BCUT2D eigenvalue weighted by atomic mass is 9.94. The Morgan fingerprint density at radius 2 is 2.12 bits per heavy atom. The summed E-state index contributed by atoms with van der Waals surface area (Å²) in [6.45, 7) is 5.63. The summed E-state index contributed by atoms with van der Waals surface area (Å²) in [4.78, 5) is 19.7. The molecule has 4 rings (SSSR count). The molecule has 2 heterocycles. The van der Waals surface area contributed by atoms with Crippen molar-refractivity contribution in [1.29, 1.82) is 0 Å². The number of hydrogen-bond acceptors (Lipinski definition) is 4. The maximum absolute atomic E-state index is 13.1. The zero-order valence-electron chi connectivity index (χ0n) is 14.9. The van der Waals surface area contributed by atoms with Gasteiger partial charge >= 0.3 is 0 Å². The molecule has 2 aromatic rings. The van der Waals surface area contributed by atoms with E-state index in [4.69, 9.17) is 4.52 Å². The number of aromatic nitrogens is 2. The fourth-order valence-electron chi connectivity index (χ4n) is 4.07. The molecule has 2 atom stereocenters. The van der Waals surface area contributed by atoms with E-state index in [1.807, 2.05) is 24.8 Å². The Labute approximate surface area is 148 Å². The van der Waals surface area contributed by atoms with Crippen LogP contribution in [0.15, 0.2) is 28.8 Å². The van der Waals surface area contributed by atoms with Crippen LogP contribution in [-0.4, -0.2) is 34.0 Å². The van der Waals surface area contributed by atoms with Crippen LogP contribution < -0.4 is 0 Å².